The Morgan fingerprint density at radius 1 is 1.17 bits per heavy atom. The van der Waals surface area contributed by atoms with E-state index in [-0.39, 0.29) is 28.8 Å². The first-order chi connectivity index (χ1) is 19.4. The number of hydrogen-bond donors (Lipinski definition) is 4. The molecule has 3 aliphatic rings. The zero-order valence-corrected chi connectivity index (χ0v) is 26.2. The first-order valence-corrected chi connectivity index (χ1v) is 14.3. The van der Waals surface area contributed by atoms with Gasteiger partial charge in [0.25, 0.3) is 5.91 Å². The van der Waals surface area contributed by atoms with Crippen LogP contribution in [0, 0.1) is 18.3 Å². The monoisotopic (exact) mass is 647 g/mol. The molecular weight excluding hydrogens is 612 g/mol. The second-order valence-electron chi connectivity index (χ2n) is 12.1. The number of nitrogens with zero attached hydrogens (tertiary/aromatic N) is 1. The number of aliphatic hydroxyl groups excluding tert-OH is 1. The van der Waals surface area contributed by atoms with Crippen molar-refractivity contribution in [3.63, 3.8) is 0 Å². The molecule has 3 aliphatic carbocycles. The number of nitrogens with two attached hydrogens (primary N) is 1. The van der Waals surface area contributed by atoms with Crippen LogP contribution >= 0.6 is 15.9 Å². The molecule has 1 amide bonds. The van der Waals surface area contributed by atoms with Gasteiger partial charge in [0.05, 0.1) is 29.7 Å². The van der Waals surface area contributed by atoms with Gasteiger partial charge in [-0.3, -0.25) is 19.2 Å². The van der Waals surface area contributed by atoms with E-state index >= 15 is 0 Å². The number of esters is 1. The number of Topliss-reactive ketones (excluding diaryl/α,β-unsaturated/α-hetero) is 2. The molecule has 11 nitrogen and oxygen atoms in total. The number of halogens is 1. The molecule has 0 aliphatic heterocycles. The van der Waals surface area contributed by atoms with Crippen molar-refractivity contribution in [1.82, 2.24) is 4.90 Å². The normalized spacial score (nSPS) is 27.6. The molecule has 5 atom stereocenters. The van der Waals surface area contributed by atoms with Crippen LogP contribution < -0.4 is 5.73 Å². The highest BCUT2D eigenvalue weighted by Crippen LogP contribution is 2.55. The van der Waals surface area contributed by atoms with Gasteiger partial charge >= 0.3 is 5.97 Å². The minimum absolute atomic E-state index is 0.0328. The number of fused-ring (bicyclic) bond motifs is 3. The molecule has 1 aromatic rings. The number of hydrogen-bond acceptors (Lipinski definition) is 10. The molecule has 0 unspecified atom stereocenters. The van der Waals surface area contributed by atoms with Gasteiger partial charge in [-0.15, -0.1) is 0 Å². The number of ketones is 2. The van der Waals surface area contributed by atoms with E-state index in [0.717, 1.165) is 0 Å². The SMILES string of the molecule is CCC(=O)O[C@H]1[C@@H]2[C@@H](N(C)C)C(Br)=C(C(N)=O)C(=O)[C@]2(O)C(=O)C2=C(O)c3c(O)c(C(C)(C)C)cc(COC)c3[CH][C@@H]21. The number of carbonyl (C=O) groups is 4. The third-order valence-electron chi connectivity index (χ3n) is 8.26. The lowest BCUT2D eigenvalue weighted by atomic mass is 9.55. The summed E-state index contributed by atoms with van der Waals surface area (Å²) in [5.74, 6) is -7.80. The zero-order chi connectivity index (χ0) is 31.6. The Labute approximate surface area is 252 Å². The number of ether oxygens (including phenoxy) is 2. The zero-order valence-electron chi connectivity index (χ0n) is 24.6. The summed E-state index contributed by atoms with van der Waals surface area (Å²) in [7, 11) is 4.70. The molecule has 1 radical (unpaired) electrons. The maximum Gasteiger partial charge on any atom is 0.305 e. The number of likely N-dealkylation sites (N-methyl/N-ethyl adjacent to an activating group) is 1. The van der Waals surface area contributed by atoms with Gasteiger partial charge < -0.3 is 35.4 Å². The van der Waals surface area contributed by atoms with Gasteiger partial charge in [-0.25, -0.2) is 0 Å². The minimum Gasteiger partial charge on any atom is -0.507 e. The molecular formula is C30H36BrN2O9. The lowest BCUT2D eigenvalue weighted by Crippen LogP contribution is -2.71. The van der Waals surface area contributed by atoms with Crippen LogP contribution in [0.1, 0.15) is 56.4 Å². The summed E-state index contributed by atoms with van der Waals surface area (Å²) in [6, 6.07) is 0.744. The molecule has 0 saturated heterocycles. The summed E-state index contributed by atoms with van der Waals surface area (Å²) in [5, 5.41) is 35.3. The molecule has 4 rings (SSSR count). The third kappa shape index (κ3) is 4.59. The highest BCUT2D eigenvalue weighted by atomic mass is 79.9. The smallest absolute Gasteiger partial charge is 0.305 e. The van der Waals surface area contributed by atoms with E-state index in [0.29, 0.717) is 16.7 Å². The fourth-order valence-electron chi connectivity index (χ4n) is 6.34. The summed E-state index contributed by atoms with van der Waals surface area (Å²) in [6.07, 6.45) is 0.177. The predicted octanol–water partition coefficient (Wildman–Crippen LogP) is 2.19. The number of benzene rings is 1. The minimum atomic E-state index is -2.94. The molecule has 0 heterocycles. The quantitative estimate of drug-likeness (QED) is 0.203. The van der Waals surface area contributed by atoms with Crippen molar-refractivity contribution < 1.29 is 44.0 Å². The second-order valence-corrected chi connectivity index (χ2v) is 13.0. The number of aromatic hydroxyl groups is 1. The average Bonchev–Trinajstić information content (AvgIpc) is 2.88. The highest BCUT2D eigenvalue weighted by Gasteiger charge is 2.69. The van der Waals surface area contributed by atoms with E-state index in [2.05, 4.69) is 15.9 Å². The first kappa shape index (κ1) is 31.9. The number of amides is 1. The molecule has 0 bridgehead atoms. The number of carbonyl (C=O) groups excluding carboxylic acids is 4. The predicted molar refractivity (Wildman–Crippen MR) is 155 cm³/mol. The molecule has 227 valence electrons. The van der Waals surface area contributed by atoms with Gasteiger partial charge in [-0.1, -0.05) is 43.6 Å². The second kappa shape index (κ2) is 10.9. The number of phenolic OH excluding ortho intramolecular Hbond substituents is 1. The van der Waals surface area contributed by atoms with Crippen molar-refractivity contribution in [2.24, 2.45) is 17.6 Å². The van der Waals surface area contributed by atoms with Crippen molar-refractivity contribution in [3.05, 3.63) is 50.4 Å². The molecule has 1 saturated carbocycles. The van der Waals surface area contributed by atoms with Crippen molar-refractivity contribution in [3.8, 4) is 5.75 Å². The Kier molecular flexibility index (Phi) is 8.26. The van der Waals surface area contributed by atoms with Gasteiger partial charge in [0.2, 0.25) is 11.6 Å². The number of phenols is 1. The van der Waals surface area contributed by atoms with Gasteiger partial charge in [0.15, 0.2) is 5.60 Å². The Morgan fingerprint density at radius 3 is 2.29 bits per heavy atom. The first-order valence-electron chi connectivity index (χ1n) is 13.5. The number of primary amides is 1. The molecule has 42 heavy (non-hydrogen) atoms. The van der Waals surface area contributed by atoms with Crippen LogP contribution in [0.15, 0.2) is 21.7 Å². The maximum absolute atomic E-state index is 14.3. The van der Waals surface area contributed by atoms with E-state index in [1.807, 2.05) is 20.8 Å². The summed E-state index contributed by atoms with van der Waals surface area (Å²) in [5.41, 5.74) is 2.32. The summed E-state index contributed by atoms with van der Waals surface area (Å²) >= 11 is 3.31. The lowest BCUT2D eigenvalue weighted by molar-refractivity contribution is -0.183. The van der Waals surface area contributed by atoms with Crippen molar-refractivity contribution >= 4 is 45.1 Å². The summed E-state index contributed by atoms with van der Waals surface area (Å²) in [4.78, 5) is 55.0. The van der Waals surface area contributed by atoms with Crippen LogP contribution in [0.25, 0.3) is 5.76 Å². The van der Waals surface area contributed by atoms with Crippen molar-refractivity contribution in [1.29, 1.82) is 0 Å². The van der Waals surface area contributed by atoms with Gasteiger partial charge in [0.1, 0.15) is 17.6 Å². The number of rotatable bonds is 6. The summed E-state index contributed by atoms with van der Waals surface area (Å²) in [6.45, 7) is 7.24. The fourth-order valence-corrected chi connectivity index (χ4v) is 7.41. The van der Waals surface area contributed by atoms with Gasteiger partial charge in [0, 0.05) is 41.5 Å². The van der Waals surface area contributed by atoms with Gasteiger partial charge in [-0.05, 0) is 36.7 Å². The average molecular weight is 649 g/mol. The highest BCUT2D eigenvalue weighted by molar-refractivity contribution is 9.11. The third-order valence-corrected chi connectivity index (χ3v) is 9.12. The van der Waals surface area contributed by atoms with Crippen LogP contribution in [0.3, 0.4) is 0 Å². The molecule has 1 aromatic carbocycles. The van der Waals surface area contributed by atoms with Gasteiger partial charge in [-0.2, -0.15) is 0 Å². The van der Waals surface area contributed by atoms with Crippen LogP contribution in [-0.4, -0.2) is 82.6 Å². The van der Waals surface area contributed by atoms with E-state index < -0.39 is 75.3 Å². The van der Waals surface area contributed by atoms with Crippen LogP contribution in [0.5, 0.6) is 5.75 Å². The Balaban J connectivity index is 2.11. The van der Waals surface area contributed by atoms with Crippen LogP contribution in [0.2, 0.25) is 0 Å². The van der Waals surface area contributed by atoms with E-state index in [1.165, 1.54) is 7.11 Å². The topological polar surface area (TPSA) is 177 Å². The summed E-state index contributed by atoms with van der Waals surface area (Å²) < 4.78 is 11.3. The van der Waals surface area contributed by atoms with E-state index in [1.54, 1.807) is 38.4 Å². The standard InChI is InChI=1S/C30H36BrN2O9/c1-8-16(34)42-25-14-10-13-12(11-41-7)9-15(29(2,3)4)23(35)17(13)24(36)18(14)26(37)30(40)20(25)22(33(5)6)21(31)19(27(30)38)28(32)39/h9-10,14,20,22,25,35-36,40H,8,11H2,1-7H3,(H2,32,39)/t14-,20-,22+,25+,30+/m0/s1. The number of methoxy groups -OCH3 is 1. The van der Waals surface area contributed by atoms with E-state index in [4.69, 9.17) is 15.2 Å². The lowest BCUT2D eigenvalue weighted by Gasteiger charge is -2.53. The Bertz CT molecular complexity index is 1460. The molecule has 0 spiro atoms. The van der Waals surface area contributed by atoms with Crippen molar-refractivity contribution in [2.45, 2.75) is 63.9 Å². The Hall–Kier alpha value is -3.06. The molecule has 0 aromatic heterocycles. The van der Waals surface area contributed by atoms with Crippen LogP contribution in [-0.2, 0) is 40.7 Å². The van der Waals surface area contributed by atoms with E-state index in [9.17, 15) is 34.5 Å². The molecule has 5 N–H and O–H groups in total. The van der Waals surface area contributed by atoms with Crippen LogP contribution in [0.4, 0.5) is 0 Å². The largest absolute Gasteiger partial charge is 0.507 e. The fraction of sp³-hybridized carbons (Fsp3) is 0.500. The number of aliphatic hydroxyl groups is 2. The maximum atomic E-state index is 14.3. The molecule has 12 heteroatoms. The Morgan fingerprint density at radius 2 is 1.79 bits per heavy atom. The molecule has 1 fully saturated rings. The van der Waals surface area contributed by atoms with Crippen molar-refractivity contribution in [2.75, 3.05) is 21.2 Å².